The first-order valence-corrected chi connectivity index (χ1v) is 13.3. The van der Waals surface area contributed by atoms with Crippen LogP contribution in [0.2, 0.25) is 0 Å². The van der Waals surface area contributed by atoms with Crippen molar-refractivity contribution in [2.45, 2.75) is 53.5 Å². The van der Waals surface area contributed by atoms with Crippen molar-refractivity contribution in [3.63, 3.8) is 0 Å². The minimum Gasteiger partial charge on any atom is -0.507 e. The molecular formula is C30H40N2O5. The number of aliphatic hydroxyl groups is 1. The Morgan fingerprint density at radius 2 is 1.70 bits per heavy atom. The number of nitrogens with zero attached hydrogens (tertiary/aromatic N) is 2. The van der Waals surface area contributed by atoms with Gasteiger partial charge in [-0.2, -0.15) is 0 Å². The van der Waals surface area contributed by atoms with Crippen LogP contribution in [0.5, 0.6) is 11.5 Å². The molecule has 0 bridgehead atoms. The maximum atomic E-state index is 13.3. The van der Waals surface area contributed by atoms with Crippen molar-refractivity contribution in [2.24, 2.45) is 0 Å². The number of amides is 1. The lowest BCUT2D eigenvalue weighted by atomic mass is 9.94. The van der Waals surface area contributed by atoms with Crippen molar-refractivity contribution in [2.75, 3.05) is 39.4 Å². The highest BCUT2D eigenvalue weighted by Gasteiger charge is 2.46. The third-order valence-electron chi connectivity index (χ3n) is 6.80. The minimum absolute atomic E-state index is 0.104. The highest BCUT2D eigenvalue weighted by Crippen LogP contribution is 2.40. The normalized spacial score (nSPS) is 17.0. The van der Waals surface area contributed by atoms with Crippen molar-refractivity contribution < 1.29 is 24.2 Å². The molecule has 7 heteroatoms. The summed E-state index contributed by atoms with van der Waals surface area (Å²) < 4.78 is 11.4. The molecule has 7 nitrogen and oxygen atoms in total. The Balaban J connectivity index is 2.03. The van der Waals surface area contributed by atoms with Gasteiger partial charge in [0.25, 0.3) is 11.7 Å². The van der Waals surface area contributed by atoms with E-state index in [4.69, 9.17) is 9.47 Å². The number of aliphatic hydroxyl groups excluding tert-OH is 1. The molecule has 1 N–H and O–H groups in total. The topological polar surface area (TPSA) is 79.3 Å². The molecule has 0 spiro atoms. The first-order chi connectivity index (χ1) is 17.9. The fraction of sp³-hybridized carbons (Fsp3) is 0.467. The van der Waals surface area contributed by atoms with E-state index >= 15 is 0 Å². The smallest absolute Gasteiger partial charge is 0.295 e. The maximum Gasteiger partial charge on any atom is 0.295 e. The monoisotopic (exact) mass is 508 g/mol. The van der Waals surface area contributed by atoms with Crippen molar-refractivity contribution >= 4 is 17.4 Å². The Morgan fingerprint density at radius 3 is 2.30 bits per heavy atom. The average Bonchev–Trinajstić information content (AvgIpc) is 3.15. The molecule has 0 unspecified atom stereocenters. The molecule has 37 heavy (non-hydrogen) atoms. The van der Waals surface area contributed by atoms with Crippen LogP contribution in [-0.4, -0.2) is 66.0 Å². The summed E-state index contributed by atoms with van der Waals surface area (Å²) in [6, 6.07) is 12.0. The number of hydrogen-bond acceptors (Lipinski definition) is 6. The van der Waals surface area contributed by atoms with E-state index in [-0.39, 0.29) is 11.3 Å². The van der Waals surface area contributed by atoms with Crippen molar-refractivity contribution in [3.05, 3.63) is 64.7 Å². The van der Waals surface area contributed by atoms with Crippen LogP contribution in [0.1, 0.15) is 63.3 Å². The third-order valence-corrected chi connectivity index (χ3v) is 6.80. The van der Waals surface area contributed by atoms with Crippen LogP contribution in [0.3, 0.4) is 0 Å². The van der Waals surface area contributed by atoms with Crippen molar-refractivity contribution in [3.8, 4) is 11.5 Å². The second-order valence-corrected chi connectivity index (χ2v) is 9.20. The molecule has 1 atom stereocenters. The number of Topliss-reactive ketones (excluding diaryl/α,β-unsaturated/α-hetero) is 1. The number of benzene rings is 2. The number of carbonyl (C=O) groups excluding carboxylic acids is 2. The Kier molecular flexibility index (Phi) is 10.1. The zero-order chi connectivity index (χ0) is 26.9. The lowest BCUT2D eigenvalue weighted by Crippen LogP contribution is -2.38. The first-order valence-electron chi connectivity index (χ1n) is 13.3. The number of rotatable bonds is 13. The SMILES string of the molecule is CCCCOc1ccc(/C(O)=C2\C(=O)C(=O)N(CCN(CC)CC)[C@@H]2c2ccc(OCC)cc2)cc1C. The van der Waals surface area contributed by atoms with Gasteiger partial charge in [0, 0.05) is 18.7 Å². The highest BCUT2D eigenvalue weighted by molar-refractivity contribution is 6.46. The van der Waals surface area contributed by atoms with Gasteiger partial charge in [-0.3, -0.25) is 9.59 Å². The summed E-state index contributed by atoms with van der Waals surface area (Å²) in [5, 5.41) is 11.4. The quantitative estimate of drug-likeness (QED) is 0.170. The van der Waals surface area contributed by atoms with E-state index in [0.717, 1.165) is 42.8 Å². The molecule has 1 heterocycles. The van der Waals surface area contributed by atoms with Crippen LogP contribution < -0.4 is 9.47 Å². The summed E-state index contributed by atoms with van der Waals surface area (Å²) in [6.45, 7) is 13.9. The van der Waals surface area contributed by atoms with Gasteiger partial charge in [-0.15, -0.1) is 0 Å². The van der Waals surface area contributed by atoms with Crippen molar-refractivity contribution in [1.82, 2.24) is 9.80 Å². The van der Waals surface area contributed by atoms with E-state index in [2.05, 4.69) is 25.7 Å². The van der Waals surface area contributed by atoms with Crippen LogP contribution in [0, 0.1) is 6.92 Å². The molecule has 1 fully saturated rings. The lowest BCUT2D eigenvalue weighted by molar-refractivity contribution is -0.140. The van der Waals surface area contributed by atoms with Gasteiger partial charge >= 0.3 is 0 Å². The number of ketones is 1. The fourth-order valence-electron chi connectivity index (χ4n) is 4.60. The molecule has 1 amide bonds. The Hall–Kier alpha value is -3.32. The molecule has 0 aliphatic carbocycles. The van der Waals surface area contributed by atoms with Gasteiger partial charge in [-0.05, 0) is 74.8 Å². The number of likely N-dealkylation sites (N-methyl/N-ethyl adjacent to an activating group) is 1. The van der Waals surface area contributed by atoms with Gasteiger partial charge in [0.2, 0.25) is 0 Å². The van der Waals surface area contributed by atoms with E-state index in [1.807, 2.05) is 44.2 Å². The molecule has 1 saturated heterocycles. The van der Waals surface area contributed by atoms with Gasteiger partial charge in [0.1, 0.15) is 17.3 Å². The average molecular weight is 509 g/mol. The number of carbonyl (C=O) groups is 2. The van der Waals surface area contributed by atoms with E-state index in [1.165, 1.54) is 0 Å². The predicted molar refractivity (Wildman–Crippen MR) is 146 cm³/mol. The second-order valence-electron chi connectivity index (χ2n) is 9.20. The van der Waals surface area contributed by atoms with Crippen LogP contribution in [0.4, 0.5) is 0 Å². The van der Waals surface area contributed by atoms with Gasteiger partial charge in [0.15, 0.2) is 0 Å². The van der Waals surface area contributed by atoms with Crippen LogP contribution in [0.15, 0.2) is 48.0 Å². The molecular weight excluding hydrogens is 468 g/mol. The molecule has 1 aliphatic heterocycles. The molecule has 0 radical (unpaired) electrons. The number of hydrogen-bond donors (Lipinski definition) is 1. The van der Waals surface area contributed by atoms with E-state index in [0.29, 0.717) is 37.6 Å². The van der Waals surface area contributed by atoms with Crippen molar-refractivity contribution in [1.29, 1.82) is 0 Å². The van der Waals surface area contributed by atoms with E-state index in [1.54, 1.807) is 17.0 Å². The molecule has 200 valence electrons. The fourth-order valence-corrected chi connectivity index (χ4v) is 4.60. The first kappa shape index (κ1) is 28.3. The van der Waals surface area contributed by atoms with Gasteiger partial charge in [-0.25, -0.2) is 0 Å². The number of aryl methyl sites for hydroxylation is 1. The summed E-state index contributed by atoms with van der Waals surface area (Å²) in [6.07, 6.45) is 2.00. The zero-order valence-electron chi connectivity index (χ0n) is 22.8. The highest BCUT2D eigenvalue weighted by atomic mass is 16.5. The van der Waals surface area contributed by atoms with Gasteiger partial charge < -0.3 is 24.4 Å². The molecule has 0 aromatic heterocycles. The number of ether oxygens (including phenoxy) is 2. The van der Waals surface area contributed by atoms with E-state index in [9.17, 15) is 14.7 Å². The minimum atomic E-state index is -0.688. The largest absolute Gasteiger partial charge is 0.507 e. The predicted octanol–water partition coefficient (Wildman–Crippen LogP) is 5.34. The second kappa shape index (κ2) is 13.3. The zero-order valence-corrected chi connectivity index (χ0v) is 22.8. The van der Waals surface area contributed by atoms with E-state index < -0.39 is 17.7 Å². The van der Waals surface area contributed by atoms with Crippen LogP contribution in [-0.2, 0) is 9.59 Å². The molecule has 2 aromatic carbocycles. The van der Waals surface area contributed by atoms with Gasteiger partial charge in [-0.1, -0.05) is 39.3 Å². The summed E-state index contributed by atoms with van der Waals surface area (Å²) >= 11 is 0. The summed E-state index contributed by atoms with van der Waals surface area (Å²) in [4.78, 5) is 30.3. The van der Waals surface area contributed by atoms with Crippen LogP contribution >= 0.6 is 0 Å². The molecule has 3 rings (SSSR count). The number of unbranched alkanes of at least 4 members (excludes halogenated alkanes) is 1. The third kappa shape index (κ3) is 6.52. The Morgan fingerprint density at radius 1 is 1.00 bits per heavy atom. The summed E-state index contributed by atoms with van der Waals surface area (Å²) in [5.41, 5.74) is 2.19. The Labute approximate surface area is 220 Å². The summed E-state index contributed by atoms with van der Waals surface area (Å²) in [7, 11) is 0. The molecule has 1 aliphatic rings. The Bertz CT molecular complexity index is 1110. The summed E-state index contributed by atoms with van der Waals surface area (Å²) in [5.74, 6) is 0.0137. The lowest BCUT2D eigenvalue weighted by Gasteiger charge is -2.28. The standard InChI is InChI=1S/C30H40N2O5/c1-6-10-19-37-25-16-13-23(20-21(25)5)28(33)26-27(22-11-14-24(15-12-22)36-9-4)32(30(35)29(26)34)18-17-31(7-2)8-3/h11-16,20,27,33H,6-10,17-19H2,1-5H3/b28-26+/t27-/m1/s1. The number of likely N-dealkylation sites (tertiary alicyclic amines) is 1. The van der Waals surface area contributed by atoms with Crippen LogP contribution in [0.25, 0.3) is 5.76 Å². The maximum absolute atomic E-state index is 13.3. The molecule has 0 saturated carbocycles. The van der Waals surface area contributed by atoms with Gasteiger partial charge in [0.05, 0.1) is 24.8 Å². The molecule has 2 aromatic rings.